The van der Waals surface area contributed by atoms with Gasteiger partial charge >= 0.3 is 13.8 Å². The monoisotopic (exact) mass is 929 g/mol. The molecular formula is C54H105O9P. The highest BCUT2D eigenvalue weighted by atomic mass is 31.2. The van der Waals surface area contributed by atoms with Crippen LogP contribution in [0.4, 0.5) is 0 Å². The Labute approximate surface area is 395 Å². The number of aliphatic hydroxyl groups excluding tert-OH is 2. The lowest BCUT2D eigenvalue weighted by Crippen LogP contribution is -2.29. The average molecular weight is 929 g/mol. The normalized spacial score (nSPS) is 13.9. The van der Waals surface area contributed by atoms with Gasteiger partial charge in [0.25, 0.3) is 0 Å². The van der Waals surface area contributed by atoms with E-state index < -0.39 is 33.2 Å². The van der Waals surface area contributed by atoms with Crippen LogP contribution < -0.4 is 0 Å². The van der Waals surface area contributed by atoms with E-state index in [0.29, 0.717) is 6.61 Å². The maximum Gasteiger partial charge on any atom is 0.472 e. The van der Waals surface area contributed by atoms with Crippen LogP contribution in [0.15, 0.2) is 24.3 Å². The largest absolute Gasteiger partial charge is 0.472 e. The Balaban J connectivity index is 4.01. The maximum absolute atomic E-state index is 12.7. The van der Waals surface area contributed by atoms with Crippen LogP contribution in [0, 0.1) is 0 Å². The van der Waals surface area contributed by atoms with Crippen molar-refractivity contribution in [3.05, 3.63) is 24.3 Å². The van der Waals surface area contributed by atoms with Crippen molar-refractivity contribution in [3.63, 3.8) is 0 Å². The van der Waals surface area contributed by atoms with E-state index in [1.165, 1.54) is 212 Å². The van der Waals surface area contributed by atoms with Crippen LogP contribution in [0.5, 0.6) is 0 Å². The first-order chi connectivity index (χ1) is 31.3. The number of aliphatic hydroxyl groups is 2. The summed E-state index contributed by atoms with van der Waals surface area (Å²) >= 11 is 0. The SMILES string of the molecule is CCCCCCC/C=C\C/C=C\CCCCCCCCCCCC(=O)OC(COCCCCCCCCCCCCCCCCCCCCCCCC)COP(=O)(O)OCC(O)CO. The summed E-state index contributed by atoms with van der Waals surface area (Å²) in [5.74, 6) is -0.381. The number of phosphoric acid groups is 1. The van der Waals surface area contributed by atoms with Crippen molar-refractivity contribution in [2.75, 3.05) is 33.0 Å². The van der Waals surface area contributed by atoms with E-state index in [1.54, 1.807) is 0 Å². The Morgan fingerprint density at radius 1 is 0.484 bits per heavy atom. The molecule has 0 heterocycles. The van der Waals surface area contributed by atoms with Crippen molar-refractivity contribution in [2.24, 2.45) is 0 Å². The fourth-order valence-corrected chi connectivity index (χ4v) is 8.77. The Bertz CT molecular complexity index is 1050. The molecule has 0 saturated carbocycles. The zero-order valence-corrected chi connectivity index (χ0v) is 42.9. The minimum absolute atomic E-state index is 0.0528. The number of hydrogen-bond donors (Lipinski definition) is 3. The summed E-state index contributed by atoms with van der Waals surface area (Å²) in [6.45, 7) is 3.57. The smallest absolute Gasteiger partial charge is 0.457 e. The Morgan fingerprint density at radius 2 is 0.844 bits per heavy atom. The second-order valence-electron chi connectivity index (χ2n) is 18.6. The molecule has 0 aromatic heterocycles. The molecular weight excluding hydrogens is 824 g/mol. The van der Waals surface area contributed by atoms with Crippen LogP contribution in [0.25, 0.3) is 0 Å². The zero-order valence-electron chi connectivity index (χ0n) is 42.0. The van der Waals surface area contributed by atoms with Gasteiger partial charge in [-0.05, 0) is 44.9 Å². The van der Waals surface area contributed by atoms with E-state index in [2.05, 4.69) is 38.2 Å². The van der Waals surface area contributed by atoms with E-state index in [9.17, 15) is 19.4 Å². The molecule has 0 aromatic carbocycles. The second-order valence-corrected chi connectivity index (χ2v) is 20.1. The predicted octanol–water partition coefficient (Wildman–Crippen LogP) is 16.2. The van der Waals surface area contributed by atoms with E-state index in [4.69, 9.17) is 23.6 Å². The third-order valence-electron chi connectivity index (χ3n) is 12.1. The third-order valence-corrected chi connectivity index (χ3v) is 13.1. The molecule has 3 unspecified atom stereocenters. The van der Waals surface area contributed by atoms with Crippen LogP contribution in [0.1, 0.15) is 271 Å². The molecule has 0 radical (unpaired) electrons. The van der Waals surface area contributed by atoms with Crippen molar-refractivity contribution in [2.45, 2.75) is 283 Å². The van der Waals surface area contributed by atoms with Gasteiger partial charge in [-0.2, -0.15) is 0 Å². The quantitative estimate of drug-likeness (QED) is 0.0236. The predicted molar refractivity (Wildman–Crippen MR) is 270 cm³/mol. The van der Waals surface area contributed by atoms with Crippen LogP contribution in [0.3, 0.4) is 0 Å². The second kappa shape index (κ2) is 51.3. The summed E-state index contributed by atoms with van der Waals surface area (Å²) in [4.78, 5) is 22.7. The van der Waals surface area contributed by atoms with Crippen molar-refractivity contribution in [1.29, 1.82) is 0 Å². The third kappa shape index (κ3) is 50.4. The highest BCUT2D eigenvalue weighted by molar-refractivity contribution is 7.47. The summed E-state index contributed by atoms with van der Waals surface area (Å²) < 4.78 is 33.6. The zero-order chi connectivity index (χ0) is 46.7. The van der Waals surface area contributed by atoms with Gasteiger partial charge in [0.1, 0.15) is 12.2 Å². The van der Waals surface area contributed by atoms with E-state index in [1.807, 2.05) is 0 Å². The number of carbonyl (C=O) groups is 1. The standard InChI is InChI=1S/C54H105O9P/c1-3-5-7-9-11-13-15-17-19-21-23-25-27-29-31-33-35-37-39-41-43-45-47-60-50-53(51-62-64(58,59)61-49-52(56)48-55)63-54(57)46-44-42-40-38-36-34-32-30-28-26-24-22-20-18-16-14-12-10-8-6-4-2/h16,18,22,24,52-53,55-56H,3-15,17,19-21,23,25-51H2,1-2H3,(H,58,59)/b18-16-,24-22-. The van der Waals surface area contributed by atoms with Crippen LogP contribution in [-0.4, -0.2) is 66.3 Å². The van der Waals surface area contributed by atoms with Gasteiger partial charge in [0.15, 0.2) is 0 Å². The van der Waals surface area contributed by atoms with Gasteiger partial charge in [-0.25, -0.2) is 4.57 Å². The minimum atomic E-state index is -4.52. The number of rotatable bonds is 53. The van der Waals surface area contributed by atoms with Crippen molar-refractivity contribution in [1.82, 2.24) is 0 Å². The number of esters is 1. The molecule has 0 saturated heterocycles. The van der Waals surface area contributed by atoms with Crippen LogP contribution in [-0.2, 0) is 27.9 Å². The molecule has 0 spiro atoms. The van der Waals surface area contributed by atoms with Gasteiger partial charge in [0.2, 0.25) is 0 Å². The Morgan fingerprint density at radius 3 is 1.25 bits per heavy atom. The molecule has 0 bridgehead atoms. The van der Waals surface area contributed by atoms with Crippen molar-refractivity contribution >= 4 is 13.8 Å². The molecule has 0 amide bonds. The summed E-state index contributed by atoms with van der Waals surface area (Å²) in [7, 11) is -4.52. The highest BCUT2D eigenvalue weighted by Crippen LogP contribution is 2.43. The lowest BCUT2D eigenvalue weighted by Gasteiger charge is -2.20. The van der Waals surface area contributed by atoms with E-state index >= 15 is 0 Å². The first-order valence-electron chi connectivity index (χ1n) is 27.3. The maximum atomic E-state index is 12.7. The number of unbranched alkanes of at least 4 members (excludes halogenated alkanes) is 35. The molecule has 0 fully saturated rings. The van der Waals surface area contributed by atoms with Gasteiger partial charge < -0.3 is 24.6 Å². The summed E-state index contributed by atoms with van der Waals surface area (Å²) in [5.41, 5.74) is 0. The number of allylic oxidation sites excluding steroid dienone is 4. The van der Waals surface area contributed by atoms with Gasteiger partial charge in [0, 0.05) is 13.0 Å². The van der Waals surface area contributed by atoms with Gasteiger partial charge in [-0.15, -0.1) is 0 Å². The molecule has 0 aromatic rings. The molecule has 0 rings (SSSR count). The Hall–Kier alpha value is -1.06. The first kappa shape index (κ1) is 62.9. The average Bonchev–Trinajstić information content (AvgIpc) is 3.29. The van der Waals surface area contributed by atoms with Gasteiger partial charge in [0.05, 0.1) is 26.4 Å². The number of ether oxygens (including phenoxy) is 2. The molecule has 0 aliphatic heterocycles. The molecule has 9 nitrogen and oxygen atoms in total. The lowest BCUT2D eigenvalue weighted by molar-refractivity contribution is -0.154. The molecule has 380 valence electrons. The van der Waals surface area contributed by atoms with Gasteiger partial charge in [-0.3, -0.25) is 13.8 Å². The summed E-state index contributed by atoms with van der Waals surface area (Å²) in [5, 5.41) is 18.4. The van der Waals surface area contributed by atoms with Crippen molar-refractivity contribution < 1.29 is 43.0 Å². The van der Waals surface area contributed by atoms with Crippen LogP contribution >= 0.6 is 7.82 Å². The summed E-state index contributed by atoms with van der Waals surface area (Å²) in [6.07, 6.45) is 57.2. The fraction of sp³-hybridized carbons (Fsp3) is 0.907. The lowest BCUT2D eigenvalue weighted by atomic mass is 10.0. The molecule has 10 heteroatoms. The molecule has 3 N–H and O–H groups in total. The summed E-state index contributed by atoms with van der Waals surface area (Å²) in [6, 6.07) is 0. The minimum Gasteiger partial charge on any atom is -0.457 e. The van der Waals surface area contributed by atoms with Crippen molar-refractivity contribution in [3.8, 4) is 0 Å². The highest BCUT2D eigenvalue weighted by Gasteiger charge is 2.26. The number of hydrogen-bond acceptors (Lipinski definition) is 8. The van der Waals surface area contributed by atoms with Crippen LogP contribution in [0.2, 0.25) is 0 Å². The number of phosphoric ester groups is 1. The molecule has 0 aliphatic rings. The number of carbonyl (C=O) groups excluding carboxylic acids is 1. The molecule has 0 aliphatic carbocycles. The first-order valence-corrected chi connectivity index (χ1v) is 28.8. The fourth-order valence-electron chi connectivity index (χ4n) is 7.98. The van der Waals surface area contributed by atoms with Gasteiger partial charge in [-0.1, -0.05) is 244 Å². The topological polar surface area (TPSA) is 132 Å². The molecule has 64 heavy (non-hydrogen) atoms. The van der Waals surface area contributed by atoms with E-state index in [0.717, 1.165) is 38.5 Å². The van der Waals surface area contributed by atoms with E-state index in [-0.39, 0.29) is 25.6 Å². The molecule has 3 atom stereocenters. The Kier molecular flexibility index (Phi) is 50.5.